The zero-order valence-corrected chi connectivity index (χ0v) is 11.2. The minimum absolute atomic E-state index is 0.208. The van der Waals surface area contributed by atoms with Gasteiger partial charge < -0.3 is 9.47 Å². The number of rotatable bonds is 4. The molecule has 1 rings (SSSR count). The van der Waals surface area contributed by atoms with Crippen LogP contribution in [0.5, 0.6) is 0 Å². The molecule has 0 N–H and O–H groups in total. The molecule has 1 aromatic carbocycles. The highest BCUT2D eigenvalue weighted by molar-refractivity contribution is 9.10. The van der Waals surface area contributed by atoms with Crippen LogP contribution in [0.1, 0.15) is 34.6 Å². The van der Waals surface area contributed by atoms with Crippen molar-refractivity contribution in [3.63, 3.8) is 0 Å². The Morgan fingerprint density at radius 1 is 1.06 bits per heavy atom. The third-order valence-electron chi connectivity index (χ3n) is 1.97. The van der Waals surface area contributed by atoms with Gasteiger partial charge in [-0.15, -0.1) is 0 Å². The number of ether oxygens (including phenoxy) is 2. The number of carbonyl (C=O) groups excluding carboxylic acids is 2. The van der Waals surface area contributed by atoms with Crippen LogP contribution < -0.4 is 0 Å². The first-order valence-electron chi connectivity index (χ1n) is 5.24. The van der Waals surface area contributed by atoms with Crippen molar-refractivity contribution >= 4 is 27.9 Å². The third-order valence-corrected chi connectivity index (χ3v) is 2.47. The normalized spacial score (nSPS) is 9.82. The van der Waals surface area contributed by atoms with Crippen LogP contribution in [0.25, 0.3) is 0 Å². The van der Waals surface area contributed by atoms with Gasteiger partial charge in [-0.25, -0.2) is 9.59 Å². The molecule has 0 radical (unpaired) electrons. The van der Waals surface area contributed by atoms with Crippen molar-refractivity contribution < 1.29 is 19.1 Å². The first kappa shape index (κ1) is 13.7. The average Bonchev–Trinajstić information content (AvgIpc) is 2.29. The minimum atomic E-state index is -0.531. The molecule has 92 valence electrons. The van der Waals surface area contributed by atoms with Gasteiger partial charge in [-0.2, -0.15) is 0 Å². The van der Waals surface area contributed by atoms with E-state index in [2.05, 4.69) is 15.9 Å². The summed E-state index contributed by atoms with van der Waals surface area (Å²) in [5.41, 5.74) is 0.424. The summed E-state index contributed by atoms with van der Waals surface area (Å²) < 4.78 is 10.5. The molecule has 0 aromatic heterocycles. The summed E-state index contributed by atoms with van der Waals surface area (Å²) in [6.45, 7) is 3.94. The summed E-state index contributed by atoms with van der Waals surface area (Å²) in [5, 5.41) is 0. The maximum atomic E-state index is 11.7. The summed E-state index contributed by atoms with van der Waals surface area (Å²) in [4.78, 5) is 23.3. The predicted octanol–water partition coefficient (Wildman–Crippen LogP) is 2.80. The fourth-order valence-electron chi connectivity index (χ4n) is 1.28. The molecule has 0 aliphatic rings. The zero-order valence-electron chi connectivity index (χ0n) is 9.66. The number of hydrogen-bond acceptors (Lipinski definition) is 4. The van der Waals surface area contributed by atoms with Crippen molar-refractivity contribution in [2.45, 2.75) is 13.8 Å². The number of carbonyl (C=O) groups is 2. The van der Waals surface area contributed by atoms with E-state index in [1.807, 2.05) is 0 Å². The highest BCUT2D eigenvalue weighted by Crippen LogP contribution is 2.18. The molecule has 0 aliphatic heterocycles. The van der Waals surface area contributed by atoms with Gasteiger partial charge in [0.25, 0.3) is 0 Å². The van der Waals surface area contributed by atoms with Crippen LogP contribution in [0.15, 0.2) is 22.7 Å². The van der Waals surface area contributed by atoms with E-state index >= 15 is 0 Å². The summed E-state index contributed by atoms with van der Waals surface area (Å²) >= 11 is 3.24. The van der Waals surface area contributed by atoms with E-state index < -0.39 is 11.9 Å². The molecule has 0 unspecified atom stereocenters. The van der Waals surface area contributed by atoms with Gasteiger partial charge in [0, 0.05) is 4.47 Å². The van der Waals surface area contributed by atoms with Crippen molar-refractivity contribution in [1.29, 1.82) is 0 Å². The van der Waals surface area contributed by atoms with Crippen LogP contribution in [0.4, 0.5) is 0 Å². The molecule has 4 nitrogen and oxygen atoms in total. The predicted molar refractivity (Wildman–Crippen MR) is 66.1 cm³/mol. The molecule has 0 saturated carbocycles. The summed E-state index contributed by atoms with van der Waals surface area (Å²) in [6, 6.07) is 4.76. The summed E-state index contributed by atoms with van der Waals surface area (Å²) in [5.74, 6) is -1.06. The van der Waals surface area contributed by atoms with Crippen molar-refractivity contribution in [1.82, 2.24) is 0 Å². The molecule has 0 spiro atoms. The van der Waals surface area contributed by atoms with Crippen LogP contribution >= 0.6 is 15.9 Å². The summed E-state index contributed by atoms with van der Waals surface area (Å²) in [6.07, 6.45) is 0. The second-order valence-corrected chi connectivity index (χ2v) is 4.05. The monoisotopic (exact) mass is 300 g/mol. The highest BCUT2D eigenvalue weighted by Gasteiger charge is 2.19. The van der Waals surface area contributed by atoms with Gasteiger partial charge in [0.05, 0.1) is 24.3 Å². The Balaban J connectivity index is 3.11. The molecule has 0 bridgehead atoms. The van der Waals surface area contributed by atoms with E-state index in [0.717, 1.165) is 0 Å². The Morgan fingerprint density at radius 3 is 2.12 bits per heavy atom. The number of benzene rings is 1. The first-order chi connectivity index (χ1) is 8.10. The maximum Gasteiger partial charge on any atom is 0.339 e. The molecule has 0 atom stereocenters. The van der Waals surface area contributed by atoms with Crippen LogP contribution in [0.3, 0.4) is 0 Å². The molecule has 17 heavy (non-hydrogen) atoms. The Bertz CT molecular complexity index is 429. The fourth-order valence-corrected chi connectivity index (χ4v) is 1.64. The Hall–Kier alpha value is -1.36. The van der Waals surface area contributed by atoms with E-state index in [0.29, 0.717) is 4.47 Å². The third kappa shape index (κ3) is 3.56. The van der Waals surface area contributed by atoms with Crippen molar-refractivity contribution in [2.75, 3.05) is 13.2 Å². The highest BCUT2D eigenvalue weighted by atomic mass is 79.9. The van der Waals surface area contributed by atoms with Gasteiger partial charge in [0.15, 0.2) is 0 Å². The lowest BCUT2D eigenvalue weighted by Crippen LogP contribution is -2.14. The Morgan fingerprint density at radius 2 is 1.59 bits per heavy atom. The standard InChI is InChI=1S/C12H13BrO4/c1-3-16-11(14)9-6-5-8(13)7-10(9)12(15)17-4-2/h5-7H,3-4H2,1-2H3. The maximum absolute atomic E-state index is 11.7. The Kier molecular flexibility index (Phi) is 5.15. The molecule has 0 heterocycles. The fraction of sp³-hybridized carbons (Fsp3) is 0.333. The van der Waals surface area contributed by atoms with Gasteiger partial charge in [0.2, 0.25) is 0 Å². The zero-order chi connectivity index (χ0) is 12.8. The van der Waals surface area contributed by atoms with Gasteiger partial charge >= 0.3 is 11.9 Å². The van der Waals surface area contributed by atoms with E-state index in [4.69, 9.17) is 9.47 Å². The SMILES string of the molecule is CCOC(=O)c1ccc(Br)cc1C(=O)OCC. The minimum Gasteiger partial charge on any atom is -0.462 e. The second-order valence-electron chi connectivity index (χ2n) is 3.13. The van der Waals surface area contributed by atoms with E-state index in [1.165, 1.54) is 6.07 Å². The molecule has 0 saturated heterocycles. The lowest BCUT2D eigenvalue weighted by atomic mass is 10.1. The van der Waals surface area contributed by atoms with Gasteiger partial charge in [-0.05, 0) is 32.0 Å². The van der Waals surface area contributed by atoms with Crippen LogP contribution in [0.2, 0.25) is 0 Å². The van der Waals surface area contributed by atoms with E-state index in [9.17, 15) is 9.59 Å². The number of halogens is 1. The van der Waals surface area contributed by atoms with Crippen molar-refractivity contribution in [2.24, 2.45) is 0 Å². The van der Waals surface area contributed by atoms with Crippen LogP contribution in [-0.2, 0) is 9.47 Å². The molecule has 5 heteroatoms. The molecule has 0 fully saturated rings. The van der Waals surface area contributed by atoms with Crippen molar-refractivity contribution in [3.8, 4) is 0 Å². The molecule has 0 aliphatic carbocycles. The largest absolute Gasteiger partial charge is 0.462 e. The topological polar surface area (TPSA) is 52.6 Å². The summed E-state index contributed by atoms with van der Waals surface area (Å²) in [7, 11) is 0. The molecular formula is C12H13BrO4. The lowest BCUT2D eigenvalue weighted by molar-refractivity contribution is 0.0479. The number of hydrogen-bond donors (Lipinski definition) is 0. The smallest absolute Gasteiger partial charge is 0.339 e. The van der Waals surface area contributed by atoms with Gasteiger partial charge in [-0.3, -0.25) is 0 Å². The van der Waals surface area contributed by atoms with Crippen LogP contribution in [0, 0.1) is 0 Å². The van der Waals surface area contributed by atoms with Crippen molar-refractivity contribution in [3.05, 3.63) is 33.8 Å². The van der Waals surface area contributed by atoms with Crippen LogP contribution in [-0.4, -0.2) is 25.2 Å². The Labute approximate surface area is 108 Å². The molecule has 0 amide bonds. The average molecular weight is 301 g/mol. The molecular weight excluding hydrogens is 288 g/mol. The quantitative estimate of drug-likeness (QED) is 0.802. The second kappa shape index (κ2) is 6.39. The lowest BCUT2D eigenvalue weighted by Gasteiger charge is -2.08. The molecule has 1 aromatic rings. The van der Waals surface area contributed by atoms with Gasteiger partial charge in [-0.1, -0.05) is 15.9 Å². The van der Waals surface area contributed by atoms with Gasteiger partial charge in [0.1, 0.15) is 0 Å². The first-order valence-corrected chi connectivity index (χ1v) is 6.03. The van der Waals surface area contributed by atoms with E-state index in [-0.39, 0.29) is 24.3 Å². The number of esters is 2. The van der Waals surface area contributed by atoms with E-state index in [1.54, 1.807) is 26.0 Å².